The lowest BCUT2D eigenvalue weighted by molar-refractivity contribution is -0.0241. The fourth-order valence-corrected chi connectivity index (χ4v) is 63.5. The number of allylic oxidation sites excluding steroid dienone is 2. The lowest BCUT2D eigenvalue weighted by Crippen LogP contribution is -2.85. The Kier molecular flexibility index (Phi) is 14.7. The first-order chi connectivity index (χ1) is 31.9. The van der Waals surface area contributed by atoms with Gasteiger partial charge in [0, 0.05) is 44.9 Å². The van der Waals surface area contributed by atoms with E-state index in [1.54, 1.807) is 0 Å². The second-order valence-electron chi connectivity index (χ2n) is 24.0. The maximum atomic E-state index is 14.3. The van der Waals surface area contributed by atoms with Crippen LogP contribution in [0.1, 0.15) is 212 Å². The molecule has 10 fully saturated rings. The Labute approximate surface area is 406 Å². The van der Waals surface area contributed by atoms with Gasteiger partial charge in [0.1, 0.15) is 0 Å². The molecule has 11 rings (SSSR count). The predicted octanol–water partition coefficient (Wildman–Crippen LogP) is 13.1. The third-order valence-electron chi connectivity index (χ3n) is 18.1. The average molecular weight is 1060 g/mol. The molecule has 0 radical (unpaired) electrons. The number of hydrogen-bond acceptors (Lipinski definition) is 12. The lowest BCUT2D eigenvalue weighted by Gasteiger charge is -2.62. The van der Waals surface area contributed by atoms with Gasteiger partial charge in [0.2, 0.25) is 0 Å². The van der Waals surface area contributed by atoms with Crippen LogP contribution in [0, 0.1) is 0 Å². The minimum Gasteiger partial charge on any atom is -0.417 e. The van der Waals surface area contributed by atoms with E-state index >= 15 is 0 Å². The van der Waals surface area contributed by atoms with Crippen molar-refractivity contribution in [2.75, 3.05) is 0 Å². The quantitative estimate of drug-likeness (QED) is 0.157. The van der Waals surface area contributed by atoms with Crippen molar-refractivity contribution in [1.29, 1.82) is 0 Å². The van der Waals surface area contributed by atoms with E-state index in [1.165, 1.54) is 0 Å². The summed E-state index contributed by atoms with van der Waals surface area (Å²) in [7, 11) is -30.8. The highest BCUT2D eigenvalue weighted by Crippen LogP contribution is 2.63. The van der Waals surface area contributed by atoms with E-state index in [1.807, 2.05) is 0 Å². The fourth-order valence-electron chi connectivity index (χ4n) is 14.7. The van der Waals surface area contributed by atoms with Crippen molar-refractivity contribution in [2.24, 2.45) is 0 Å². The van der Waals surface area contributed by atoms with Crippen LogP contribution in [-0.2, 0) is 45.6 Å². The van der Waals surface area contributed by atoms with Gasteiger partial charge in [0.15, 0.2) is 8.32 Å². The molecule has 1 N–H and O–H groups in total. The minimum atomic E-state index is -4.29. The van der Waals surface area contributed by atoms with Gasteiger partial charge in [-0.05, 0) is 142 Å². The van der Waals surface area contributed by atoms with Crippen LogP contribution in [-0.4, -0.2) is 80.8 Å². The summed E-state index contributed by atoms with van der Waals surface area (Å²) >= 11 is 0. The maximum absolute atomic E-state index is 14.3. The summed E-state index contributed by atoms with van der Waals surface area (Å²) in [4.78, 5) is 14.3. The van der Waals surface area contributed by atoms with Gasteiger partial charge in [0.25, 0.3) is 0 Å². The molecule has 0 aromatic rings. The van der Waals surface area contributed by atoms with Gasteiger partial charge in [0.05, 0.1) is 0 Å². The van der Waals surface area contributed by atoms with Crippen molar-refractivity contribution in [1.82, 2.24) is 0 Å². The monoisotopic (exact) mass is 1050 g/mol. The van der Waals surface area contributed by atoms with Gasteiger partial charge in [-0.3, -0.25) is 0 Å². The molecule has 3 aliphatic heterocycles. The number of rotatable bonds is 11. The molecule has 12 nitrogen and oxygen atoms in total. The van der Waals surface area contributed by atoms with E-state index in [-0.39, 0.29) is 44.9 Å². The SMILES string of the molecule is C[Si](C)(C)O[Si@@]1(C2CCCC2)O[Si@@]2(C3CCCC3)O[Si@](O)(C3CCCC3)O[Si@@]3(C4CCCC4)O[Si@](O[C@@H]4CC/C=C\CCC4)(C4CCCC4)O[Si@@](C4CCCC4)(O1)O[Si@@](C1CCCC1)(O2)O3. The second kappa shape index (κ2) is 19.7. The molecule has 0 unspecified atom stereocenters. The van der Waals surface area contributed by atoms with E-state index in [9.17, 15) is 4.80 Å². The Morgan fingerprint density at radius 3 is 1.12 bits per heavy atom. The van der Waals surface area contributed by atoms with Gasteiger partial charge in [-0.1, -0.05) is 102 Å². The summed E-state index contributed by atoms with van der Waals surface area (Å²) in [5.74, 6) is 0. The van der Waals surface area contributed by atoms with Crippen molar-refractivity contribution in [3.8, 4) is 0 Å². The number of fused-ring (bicyclic) bond motifs is 3. The number of hydrogen-bond donors (Lipinski definition) is 1. The summed E-state index contributed by atoms with van der Waals surface area (Å²) in [6.45, 7) is 6.91. The van der Waals surface area contributed by atoms with Crippen molar-refractivity contribution < 1.29 is 50.4 Å². The van der Waals surface area contributed by atoms with Crippen molar-refractivity contribution in [3.63, 3.8) is 0 Å². The van der Waals surface area contributed by atoms with Gasteiger partial charge in [-0.15, -0.1) is 0 Å². The topological polar surface area (TPSA) is 122 Å². The van der Waals surface area contributed by atoms with Crippen LogP contribution in [0.15, 0.2) is 12.2 Å². The average Bonchev–Trinajstić information content (AvgIpc) is 4.10. The molecule has 0 aromatic heterocycles. The Hall–Kier alpha value is 0.995. The van der Waals surface area contributed by atoms with Crippen LogP contribution in [0.2, 0.25) is 58.4 Å². The first-order valence-electron chi connectivity index (χ1n) is 27.9. The molecule has 3 heterocycles. The van der Waals surface area contributed by atoms with Gasteiger partial charge < -0.3 is 50.4 Å². The zero-order valence-electron chi connectivity index (χ0n) is 41.0. The van der Waals surface area contributed by atoms with Crippen LogP contribution in [0.25, 0.3) is 0 Å². The molecule has 66 heavy (non-hydrogen) atoms. The third kappa shape index (κ3) is 9.54. The van der Waals surface area contributed by atoms with E-state index in [0.29, 0.717) is 0 Å². The molecular formula is C46H86O12Si8. The van der Waals surface area contributed by atoms with Gasteiger partial charge >= 0.3 is 61.6 Å². The molecule has 7 saturated carbocycles. The van der Waals surface area contributed by atoms with Crippen LogP contribution in [0.4, 0.5) is 0 Å². The van der Waals surface area contributed by atoms with Crippen molar-refractivity contribution >= 4 is 69.9 Å². The smallest absolute Gasteiger partial charge is 0.417 e. The molecule has 0 aromatic carbocycles. The van der Waals surface area contributed by atoms with E-state index in [0.717, 1.165) is 212 Å². The van der Waals surface area contributed by atoms with Crippen LogP contribution in [0.3, 0.4) is 0 Å². The molecule has 8 atom stereocenters. The second-order valence-corrected chi connectivity index (χ2v) is 50.8. The molecular weight excluding hydrogens is 969 g/mol. The largest absolute Gasteiger partial charge is 0.489 e. The molecule has 8 aliphatic carbocycles. The van der Waals surface area contributed by atoms with Crippen LogP contribution < -0.4 is 0 Å². The summed E-state index contributed by atoms with van der Waals surface area (Å²) in [6, 6.07) is 0. The Morgan fingerprint density at radius 2 is 0.697 bits per heavy atom. The Bertz CT molecular complexity index is 1700. The fraction of sp³-hybridized carbons (Fsp3) is 0.957. The minimum absolute atomic E-state index is 0.00999. The predicted molar refractivity (Wildman–Crippen MR) is 269 cm³/mol. The normalized spacial score (nSPS) is 45.2. The van der Waals surface area contributed by atoms with Crippen molar-refractivity contribution in [3.05, 3.63) is 12.2 Å². The summed E-state index contributed by atoms with van der Waals surface area (Å²) in [5.41, 5.74) is -0.0840. The zero-order valence-corrected chi connectivity index (χ0v) is 49.0. The first-order valence-corrected chi connectivity index (χ1v) is 44.0. The van der Waals surface area contributed by atoms with Gasteiger partial charge in [-0.2, -0.15) is 0 Å². The zero-order chi connectivity index (χ0) is 45.1. The molecule has 4 bridgehead atoms. The third-order valence-corrected chi connectivity index (χ3v) is 53.9. The van der Waals surface area contributed by atoms with E-state index < -0.39 is 69.9 Å². The van der Waals surface area contributed by atoms with E-state index in [2.05, 4.69) is 31.8 Å². The lowest BCUT2D eigenvalue weighted by atomic mass is 10.0. The molecule has 20 heteroatoms. The highest BCUT2D eigenvalue weighted by Gasteiger charge is 2.84. The molecule has 0 amide bonds. The van der Waals surface area contributed by atoms with Crippen molar-refractivity contribution in [2.45, 2.75) is 276 Å². The first kappa shape index (κ1) is 49.2. The van der Waals surface area contributed by atoms with E-state index in [4.69, 9.17) is 45.6 Å². The molecule has 0 spiro atoms. The molecule has 374 valence electrons. The van der Waals surface area contributed by atoms with Crippen LogP contribution >= 0.6 is 0 Å². The summed E-state index contributed by atoms with van der Waals surface area (Å²) < 4.78 is 92.1. The van der Waals surface area contributed by atoms with Crippen LogP contribution in [0.5, 0.6) is 0 Å². The van der Waals surface area contributed by atoms with Gasteiger partial charge in [-0.25, -0.2) is 0 Å². The molecule has 11 aliphatic rings. The Balaban J connectivity index is 1.21. The molecule has 3 saturated heterocycles. The highest BCUT2D eigenvalue weighted by molar-refractivity contribution is 7.00. The summed E-state index contributed by atoms with van der Waals surface area (Å²) in [6.07, 6.45) is 37.9. The Morgan fingerprint density at radius 1 is 0.364 bits per heavy atom. The standard InChI is InChI=1S/C46H86O12Si8/c1-59(2,3)49-62(42-29-13-14-30-42)54-64(44-33-17-18-34-44)51-60(47,40-25-9-10-26-40)50-63(43-31-15-16-32-43)52-61(41-27-11-12-28-41,48-39-23-7-5-4-6-8-24-39)53-65(55-62,45-35-19-20-36-45)58-66(56-63,57-64)46-37-21-22-38-46/h4-5,39-47H,6-38H2,1-3H3/b5-4-/t39-,60+,61-,62+,63+,64-,65+,66-/m1/s1. The maximum Gasteiger partial charge on any atom is 0.489 e. The summed E-state index contributed by atoms with van der Waals surface area (Å²) in [5, 5.41) is 0. The highest BCUT2D eigenvalue weighted by atomic mass is 28.6.